The van der Waals surface area contributed by atoms with Gasteiger partial charge < -0.3 is 19.9 Å². The number of benzene rings is 1. The SMILES string of the molecule is CC[C@H](Cn1ccnc1)NC(=O)Nc1ccc2c(c1)CCCN2C(=O)OC. The van der Waals surface area contributed by atoms with Gasteiger partial charge in [0.15, 0.2) is 0 Å². The summed E-state index contributed by atoms with van der Waals surface area (Å²) in [5.41, 5.74) is 2.57. The average molecular weight is 371 g/mol. The third-order valence-electron chi connectivity index (χ3n) is 4.67. The van der Waals surface area contributed by atoms with Gasteiger partial charge in [0.1, 0.15) is 0 Å². The number of aromatic nitrogens is 2. The van der Waals surface area contributed by atoms with Crippen LogP contribution < -0.4 is 15.5 Å². The average Bonchev–Trinajstić information content (AvgIpc) is 3.19. The van der Waals surface area contributed by atoms with Gasteiger partial charge in [-0.1, -0.05) is 6.92 Å². The van der Waals surface area contributed by atoms with Gasteiger partial charge in [0.05, 0.1) is 19.1 Å². The number of anilines is 2. The molecule has 1 aliphatic heterocycles. The van der Waals surface area contributed by atoms with Crippen molar-refractivity contribution in [1.29, 1.82) is 0 Å². The van der Waals surface area contributed by atoms with Gasteiger partial charge in [0.25, 0.3) is 0 Å². The minimum Gasteiger partial charge on any atom is -0.452 e. The van der Waals surface area contributed by atoms with Crippen LogP contribution in [0.1, 0.15) is 25.3 Å². The first-order valence-corrected chi connectivity index (χ1v) is 9.12. The third kappa shape index (κ3) is 4.58. The number of nitrogens with zero attached hydrogens (tertiary/aromatic N) is 3. The van der Waals surface area contributed by atoms with Gasteiger partial charge in [-0.2, -0.15) is 0 Å². The Morgan fingerprint density at radius 3 is 2.93 bits per heavy atom. The number of carbonyl (C=O) groups is 2. The van der Waals surface area contributed by atoms with Crippen LogP contribution in [-0.2, 0) is 17.7 Å². The van der Waals surface area contributed by atoms with Crippen LogP contribution in [-0.4, -0.2) is 41.4 Å². The first-order valence-electron chi connectivity index (χ1n) is 9.12. The van der Waals surface area contributed by atoms with Crippen LogP contribution in [0.25, 0.3) is 0 Å². The van der Waals surface area contributed by atoms with Crippen molar-refractivity contribution in [3.05, 3.63) is 42.5 Å². The molecule has 0 saturated heterocycles. The van der Waals surface area contributed by atoms with Crippen LogP contribution in [0.4, 0.5) is 21.0 Å². The van der Waals surface area contributed by atoms with Crippen molar-refractivity contribution in [3.8, 4) is 0 Å². The van der Waals surface area contributed by atoms with Gasteiger partial charge in [-0.05, 0) is 43.0 Å². The van der Waals surface area contributed by atoms with Gasteiger partial charge in [-0.3, -0.25) is 4.90 Å². The highest BCUT2D eigenvalue weighted by molar-refractivity contribution is 5.92. The number of hydrogen-bond acceptors (Lipinski definition) is 4. The maximum Gasteiger partial charge on any atom is 0.414 e. The molecule has 1 aromatic heterocycles. The van der Waals surface area contributed by atoms with Crippen LogP contribution in [0.3, 0.4) is 0 Å². The summed E-state index contributed by atoms with van der Waals surface area (Å²) in [6.45, 7) is 3.34. The lowest BCUT2D eigenvalue weighted by atomic mass is 10.0. The number of nitrogens with one attached hydrogen (secondary N) is 2. The molecule has 0 saturated carbocycles. The zero-order valence-electron chi connectivity index (χ0n) is 15.6. The largest absolute Gasteiger partial charge is 0.452 e. The molecule has 27 heavy (non-hydrogen) atoms. The number of hydrogen-bond donors (Lipinski definition) is 2. The summed E-state index contributed by atoms with van der Waals surface area (Å²) in [7, 11) is 1.38. The predicted octanol–water partition coefficient (Wildman–Crippen LogP) is 3.00. The number of urea groups is 1. The standard InChI is InChI=1S/C19H25N5O3/c1-3-15(12-23-10-8-20-13-23)21-18(25)22-16-6-7-17-14(11-16)5-4-9-24(17)19(26)27-2/h6-8,10-11,13,15H,3-5,9,12H2,1-2H3,(H2,21,22,25)/t15-/m1/s1. The zero-order chi connectivity index (χ0) is 19.2. The van der Waals surface area contributed by atoms with Gasteiger partial charge in [0.2, 0.25) is 0 Å². The Kier molecular flexibility index (Phi) is 5.95. The topological polar surface area (TPSA) is 88.5 Å². The minimum absolute atomic E-state index is 0.00615. The quantitative estimate of drug-likeness (QED) is 0.846. The number of amides is 3. The van der Waals surface area contributed by atoms with E-state index in [9.17, 15) is 9.59 Å². The van der Waals surface area contributed by atoms with Crippen molar-refractivity contribution in [3.63, 3.8) is 0 Å². The van der Waals surface area contributed by atoms with Crippen molar-refractivity contribution in [2.24, 2.45) is 0 Å². The number of aryl methyl sites for hydroxylation is 1. The molecule has 2 heterocycles. The maximum absolute atomic E-state index is 12.4. The smallest absolute Gasteiger partial charge is 0.414 e. The number of methoxy groups -OCH3 is 1. The number of fused-ring (bicyclic) bond motifs is 1. The van der Waals surface area contributed by atoms with E-state index in [1.807, 2.05) is 29.8 Å². The lowest BCUT2D eigenvalue weighted by Crippen LogP contribution is -2.40. The molecule has 0 spiro atoms. The van der Waals surface area contributed by atoms with E-state index < -0.39 is 0 Å². The molecule has 0 bridgehead atoms. The van der Waals surface area contributed by atoms with Gasteiger partial charge in [-0.25, -0.2) is 14.6 Å². The fraction of sp³-hybridized carbons (Fsp3) is 0.421. The molecular formula is C19H25N5O3. The lowest BCUT2D eigenvalue weighted by Gasteiger charge is -2.28. The molecule has 1 aliphatic rings. The molecule has 2 aromatic rings. The third-order valence-corrected chi connectivity index (χ3v) is 4.67. The van der Waals surface area contributed by atoms with Crippen LogP contribution in [0.2, 0.25) is 0 Å². The second-order valence-electron chi connectivity index (χ2n) is 6.53. The highest BCUT2D eigenvalue weighted by Gasteiger charge is 2.23. The molecule has 0 unspecified atom stereocenters. The second kappa shape index (κ2) is 8.57. The second-order valence-corrected chi connectivity index (χ2v) is 6.53. The van der Waals surface area contributed by atoms with E-state index in [-0.39, 0.29) is 18.2 Å². The number of carbonyl (C=O) groups excluding carboxylic acids is 2. The van der Waals surface area contributed by atoms with E-state index in [0.717, 1.165) is 30.5 Å². The van der Waals surface area contributed by atoms with Crippen molar-refractivity contribution in [2.45, 2.75) is 38.8 Å². The minimum atomic E-state index is -0.361. The molecule has 2 N–H and O–H groups in total. The Bertz CT molecular complexity index is 791. The van der Waals surface area contributed by atoms with Crippen molar-refractivity contribution >= 4 is 23.5 Å². The highest BCUT2D eigenvalue weighted by atomic mass is 16.5. The molecule has 3 rings (SSSR count). The summed E-state index contributed by atoms with van der Waals surface area (Å²) in [4.78, 5) is 29.9. The van der Waals surface area contributed by atoms with Crippen molar-refractivity contribution in [1.82, 2.24) is 14.9 Å². The number of ether oxygens (including phenoxy) is 1. The first kappa shape index (κ1) is 18.8. The predicted molar refractivity (Wildman–Crippen MR) is 103 cm³/mol. The van der Waals surface area contributed by atoms with Crippen LogP contribution in [0.15, 0.2) is 36.9 Å². The Balaban J connectivity index is 1.63. The summed E-state index contributed by atoms with van der Waals surface area (Å²) in [5.74, 6) is 0. The Morgan fingerprint density at radius 2 is 2.22 bits per heavy atom. The molecule has 0 radical (unpaired) electrons. The molecule has 144 valence electrons. The Morgan fingerprint density at radius 1 is 1.37 bits per heavy atom. The molecule has 1 atom stereocenters. The monoisotopic (exact) mass is 371 g/mol. The molecule has 0 fully saturated rings. The van der Waals surface area contributed by atoms with Crippen molar-refractivity contribution < 1.29 is 14.3 Å². The number of imidazole rings is 1. The van der Waals surface area contributed by atoms with E-state index in [2.05, 4.69) is 15.6 Å². The first-order chi connectivity index (χ1) is 13.1. The molecule has 3 amide bonds. The summed E-state index contributed by atoms with van der Waals surface area (Å²) in [6.07, 6.45) is 7.50. The summed E-state index contributed by atoms with van der Waals surface area (Å²) < 4.78 is 6.78. The highest BCUT2D eigenvalue weighted by Crippen LogP contribution is 2.30. The van der Waals surface area contributed by atoms with Crippen molar-refractivity contribution in [2.75, 3.05) is 23.9 Å². The molecule has 0 aliphatic carbocycles. The van der Waals surface area contributed by atoms with E-state index in [1.165, 1.54) is 7.11 Å². The molecule has 8 heteroatoms. The summed E-state index contributed by atoms with van der Waals surface area (Å²) in [6, 6.07) is 5.33. The van der Waals surface area contributed by atoms with Gasteiger partial charge >= 0.3 is 12.1 Å². The Hall–Kier alpha value is -3.03. The van der Waals surface area contributed by atoms with Crippen LogP contribution in [0.5, 0.6) is 0 Å². The summed E-state index contributed by atoms with van der Waals surface area (Å²) in [5, 5.41) is 5.87. The summed E-state index contributed by atoms with van der Waals surface area (Å²) >= 11 is 0. The lowest BCUT2D eigenvalue weighted by molar-refractivity contribution is 0.178. The van der Waals surface area contributed by atoms with Gasteiger partial charge in [0, 0.05) is 37.2 Å². The van der Waals surface area contributed by atoms with Crippen LogP contribution >= 0.6 is 0 Å². The van der Waals surface area contributed by atoms with E-state index in [0.29, 0.717) is 18.8 Å². The fourth-order valence-corrected chi connectivity index (χ4v) is 3.25. The number of rotatable bonds is 5. The van der Waals surface area contributed by atoms with E-state index >= 15 is 0 Å². The van der Waals surface area contributed by atoms with Crippen LogP contribution in [0, 0.1) is 0 Å². The fourth-order valence-electron chi connectivity index (χ4n) is 3.25. The molecule has 1 aromatic carbocycles. The molecular weight excluding hydrogens is 346 g/mol. The molecule has 8 nitrogen and oxygen atoms in total. The zero-order valence-corrected chi connectivity index (χ0v) is 15.6. The maximum atomic E-state index is 12.4. The normalized spacial score (nSPS) is 14.2. The van der Waals surface area contributed by atoms with Gasteiger partial charge in [-0.15, -0.1) is 0 Å². The van der Waals surface area contributed by atoms with E-state index in [1.54, 1.807) is 23.5 Å². The Labute approximate surface area is 158 Å². The van der Waals surface area contributed by atoms with E-state index in [4.69, 9.17) is 4.74 Å².